The Morgan fingerprint density at radius 2 is 0.942 bits per heavy atom. The lowest BCUT2D eigenvalue weighted by molar-refractivity contribution is -0.0600. The van der Waals surface area contributed by atoms with Crippen molar-refractivity contribution in [3.63, 3.8) is 0 Å². The molecule has 0 saturated heterocycles. The largest absolute Gasteiger partial charge is 0.490 e. The van der Waals surface area contributed by atoms with Crippen molar-refractivity contribution in [1.29, 1.82) is 0 Å². The summed E-state index contributed by atoms with van der Waals surface area (Å²) in [6.07, 6.45) is 36.7. The van der Waals surface area contributed by atoms with Gasteiger partial charge in [0.05, 0.1) is 25.4 Å². The quantitative estimate of drug-likeness (QED) is 0.121. The van der Waals surface area contributed by atoms with E-state index < -0.39 is 0 Å². The third kappa shape index (κ3) is 9.91. The lowest BCUT2D eigenvalue weighted by Crippen LogP contribution is -2.44. The SMILES string of the molecule is C=CCOc1ccc(C2(c3ccc(OC/C=C/C=C/COC4CCC(C5(C6CCC(OCC=C)CC6)CCCCC5)CC4)cc3)CCCCC2)cc1. The van der Waals surface area contributed by atoms with Gasteiger partial charge < -0.3 is 18.9 Å². The molecule has 0 spiro atoms. The van der Waals surface area contributed by atoms with E-state index in [1.165, 1.54) is 127 Å². The number of hydrogen-bond donors (Lipinski definition) is 0. The van der Waals surface area contributed by atoms with Gasteiger partial charge in [-0.2, -0.15) is 0 Å². The average molecular weight is 707 g/mol. The Kier molecular flexibility index (Phi) is 14.7. The van der Waals surface area contributed by atoms with Gasteiger partial charge in [-0.15, -0.1) is 6.58 Å². The maximum absolute atomic E-state index is 6.36. The molecule has 6 rings (SSSR count). The summed E-state index contributed by atoms with van der Waals surface area (Å²) in [4.78, 5) is 0. The zero-order chi connectivity index (χ0) is 35.9. The van der Waals surface area contributed by atoms with Gasteiger partial charge >= 0.3 is 0 Å². The van der Waals surface area contributed by atoms with Crippen molar-refractivity contribution in [2.45, 2.75) is 133 Å². The normalized spacial score (nSPS) is 26.2. The minimum Gasteiger partial charge on any atom is -0.490 e. The molecule has 4 aliphatic carbocycles. The van der Waals surface area contributed by atoms with Gasteiger partial charge in [0.15, 0.2) is 0 Å². The second kappa shape index (κ2) is 19.8. The van der Waals surface area contributed by atoms with Crippen LogP contribution in [0.25, 0.3) is 0 Å². The molecule has 2 aromatic carbocycles. The Bertz CT molecular complexity index is 1390. The Hall–Kier alpha value is -3.08. The summed E-state index contributed by atoms with van der Waals surface area (Å²) in [5.41, 5.74) is 3.39. The Morgan fingerprint density at radius 3 is 1.44 bits per heavy atom. The van der Waals surface area contributed by atoms with Gasteiger partial charge in [0.25, 0.3) is 0 Å². The van der Waals surface area contributed by atoms with Gasteiger partial charge in [0.2, 0.25) is 0 Å². The first-order chi connectivity index (χ1) is 25.6. The molecule has 4 fully saturated rings. The molecule has 0 amide bonds. The van der Waals surface area contributed by atoms with E-state index in [1.807, 2.05) is 6.08 Å². The minimum absolute atomic E-state index is 0.0537. The van der Waals surface area contributed by atoms with E-state index in [-0.39, 0.29) is 5.41 Å². The van der Waals surface area contributed by atoms with Crippen LogP contribution in [0.4, 0.5) is 0 Å². The van der Waals surface area contributed by atoms with Gasteiger partial charge in [0.1, 0.15) is 24.7 Å². The van der Waals surface area contributed by atoms with Gasteiger partial charge in [-0.05, 0) is 136 Å². The summed E-state index contributed by atoms with van der Waals surface area (Å²) in [5.74, 6) is 3.58. The summed E-state index contributed by atoms with van der Waals surface area (Å²) < 4.78 is 24.2. The first-order valence-corrected chi connectivity index (χ1v) is 20.9. The van der Waals surface area contributed by atoms with Crippen LogP contribution in [0.15, 0.2) is 98.1 Å². The second-order valence-electron chi connectivity index (χ2n) is 16.2. The molecule has 0 bridgehead atoms. The average Bonchev–Trinajstić information content (AvgIpc) is 3.21. The first-order valence-electron chi connectivity index (χ1n) is 20.9. The van der Waals surface area contributed by atoms with E-state index >= 15 is 0 Å². The van der Waals surface area contributed by atoms with Crippen molar-refractivity contribution in [2.75, 3.05) is 26.4 Å². The zero-order valence-corrected chi connectivity index (χ0v) is 32.0. The summed E-state index contributed by atoms with van der Waals surface area (Å²) in [5, 5.41) is 0. The molecule has 0 aliphatic heterocycles. The Morgan fingerprint density at radius 1 is 0.500 bits per heavy atom. The minimum atomic E-state index is 0.0537. The third-order valence-electron chi connectivity index (χ3n) is 13.3. The van der Waals surface area contributed by atoms with E-state index in [9.17, 15) is 0 Å². The smallest absolute Gasteiger partial charge is 0.119 e. The lowest BCUT2D eigenvalue weighted by Gasteiger charge is -2.53. The monoisotopic (exact) mass is 706 g/mol. The molecule has 0 N–H and O–H groups in total. The fourth-order valence-electron chi connectivity index (χ4n) is 10.6. The summed E-state index contributed by atoms with van der Waals surface area (Å²) >= 11 is 0. The maximum Gasteiger partial charge on any atom is 0.119 e. The topological polar surface area (TPSA) is 36.9 Å². The zero-order valence-electron chi connectivity index (χ0n) is 32.0. The highest BCUT2D eigenvalue weighted by molar-refractivity contribution is 5.44. The van der Waals surface area contributed by atoms with Crippen LogP contribution in [-0.2, 0) is 14.9 Å². The molecule has 4 aliphatic rings. The number of allylic oxidation sites excluding steroid dienone is 2. The van der Waals surface area contributed by atoms with E-state index in [0.29, 0.717) is 44.1 Å². The molecule has 52 heavy (non-hydrogen) atoms. The molecule has 0 unspecified atom stereocenters. The molecule has 0 aromatic heterocycles. The van der Waals surface area contributed by atoms with Gasteiger partial charge in [0, 0.05) is 5.41 Å². The molecule has 4 heteroatoms. The molecule has 0 heterocycles. The Labute approximate surface area is 315 Å². The Balaban J connectivity index is 0.911. The highest BCUT2D eigenvalue weighted by atomic mass is 16.5. The molecular weight excluding hydrogens is 641 g/mol. The van der Waals surface area contributed by atoms with Crippen molar-refractivity contribution in [2.24, 2.45) is 17.3 Å². The lowest BCUT2D eigenvalue weighted by atomic mass is 9.53. The molecule has 4 nitrogen and oxygen atoms in total. The van der Waals surface area contributed by atoms with Crippen LogP contribution in [0.3, 0.4) is 0 Å². The van der Waals surface area contributed by atoms with Crippen molar-refractivity contribution in [3.8, 4) is 11.5 Å². The van der Waals surface area contributed by atoms with Crippen molar-refractivity contribution in [1.82, 2.24) is 0 Å². The predicted molar refractivity (Wildman–Crippen MR) is 215 cm³/mol. The number of benzene rings is 2. The highest BCUT2D eigenvalue weighted by Gasteiger charge is 2.47. The molecular formula is C48H66O4. The molecule has 2 aromatic rings. The fourth-order valence-corrected chi connectivity index (χ4v) is 10.6. The van der Waals surface area contributed by atoms with Gasteiger partial charge in [-0.25, -0.2) is 0 Å². The highest BCUT2D eigenvalue weighted by Crippen LogP contribution is 2.56. The summed E-state index contributed by atoms with van der Waals surface area (Å²) in [6, 6.07) is 17.5. The predicted octanol–water partition coefficient (Wildman–Crippen LogP) is 12.3. The summed E-state index contributed by atoms with van der Waals surface area (Å²) in [7, 11) is 0. The number of hydrogen-bond acceptors (Lipinski definition) is 4. The van der Waals surface area contributed by atoms with Crippen LogP contribution < -0.4 is 9.47 Å². The first kappa shape index (κ1) is 38.6. The van der Waals surface area contributed by atoms with Crippen LogP contribution >= 0.6 is 0 Å². The number of ether oxygens (including phenoxy) is 4. The van der Waals surface area contributed by atoms with Crippen molar-refractivity contribution < 1.29 is 18.9 Å². The van der Waals surface area contributed by atoms with Crippen molar-refractivity contribution >= 4 is 0 Å². The molecule has 0 radical (unpaired) electrons. The van der Waals surface area contributed by atoms with Crippen LogP contribution in [0.1, 0.15) is 127 Å². The van der Waals surface area contributed by atoms with E-state index in [0.717, 1.165) is 23.3 Å². The van der Waals surface area contributed by atoms with Crippen LogP contribution in [0, 0.1) is 17.3 Å². The standard InChI is InChI=1S/C48H66O4/c1-3-35-49-43-23-15-39(16-24-43)47(31-9-7-10-32-47)41-19-27-45(28-20-41)51-37-13-5-6-14-38-52-46-29-21-42(22-30-46)48(33-11-8-12-34-48)40-17-25-44(26-18-40)50-36-4-2/h3-6,13-16,19-20,23-24,27-28,40,42,44,46H,1-2,7-12,17-18,21-22,25-26,29-38H2/b13-5+,14-6+. The second-order valence-corrected chi connectivity index (χ2v) is 16.2. The molecule has 4 saturated carbocycles. The van der Waals surface area contributed by atoms with E-state index in [2.05, 4.69) is 86.0 Å². The van der Waals surface area contributed by atoms with Gasteiger partial charge in [-0.1, -0.05) is 99.7 Å². The molecule has 282 valence electrons. The van der Waals surface area contributed by atoms with Gasteiger partial charge in [-0.3, -0.25) is 0 Å². The summed E-state index contributed by atoms with van der Waals surface area (Å²) in [6.45, 7) is 10.1. The van der Waals surface area contributed by atoms with Crippen molar-refractivity contribution in [3.05, 3.63) is 109 Å². The third-order valence-corrected chi connectivity index (χ3v) is 13.3. The van der Waals surface area contributed by atoms with E-state index in [1.54, 1.807) is 6.08 Å². The molecule has 0 atom stereocenters. The van der Waals surface area contributed by atoms with Crippen LogP contribution in [0.2, 0.25) is 0 Å². The van der Waals surface area contributed by atoms with Crippen LogP contribution in [0.5, 0.6) is 11.5 Å². The van der Waals surface area contributed by atoms with Crippen LogP contribution in [-0.4, -0.2) is 38.6 Å². The van der Waals surface area contributed by atoms with E-state index in [4.69, 9.17) is 18.9 Å². The maximum atomic E-state index is 6.36. The fraction of sp³-hybridized carbons (Fsp3) is 0.583. The number of rotatable bonds is 17.